The van der Waals surface area contributed by atoms with Gasteiger partial charge in [0, 0.05) is 18.7 Å². The van der Waals surface area contributed by atoms with E-state index in [4.69, 9.17) is 4.74 Å². The van der Waals surface area contributed by atoms with Crippen molar-refractivity contribution in [3.05, 3.63) is 11.8 Å². The lowest BCUT2D eigenvalue weighted by Gasteiger charge is -2.34. The van der Waals surface area contributed by atoms with Crippen molar-refractivity contribution in [3.8, 4) is 0 Å². The number of hydrogen-bond donors (Lipinski definition) is 1. The van der Waals surface area contributed by atoms with Crippen LogP contribution in [0.1, 0.15) is 47.5 Å². The van der Waals surface area contributed by atoms with E-state index >= 15 is 0 Å². The summed E-state index contributed by atoms with van der Waals surface area (Å²) in [6, 6.07) is 0.412. The Bertz CT molecular complexity index is 390. The summed E-state index contributed by atoms with van der Waals surface area (Å²) in [5, 5.41) is 3.35. The van der Waals surface area contributed by atoms with Gasteiger partial charge in [0.1, 0.15) is 11.4 Å². The molecule has 2 heterocycles. The fraction of sp³-hybridized carbons (Fsp3) is 0.812. The zero-order valence-corrected chi connectivity index (χ0v) is 13.4. The fourth-order valence-electron chi connectivity index (χ4n) is 3.02. The van der Waals surface area contributed by atoms with Crippen molar-refractivity contribution >= 4 is 5.91 Å². The smallest absolute Gasteiger partial charge is 0.250 e. The third-order valence-electron chi connectivity index (χ3n) is 3.73. The molecule has 114 valence electrons. The van der Waals surface area contributed by atoms with Crippen molar-refractivity contribution in [2.24, 2.45) is 5.92 Å². The lowest BCUT2D eigenvalue weighted by atomic mass is 10.0. The number of carbonyl (C=O) groups excluding carboxylic acids is 1. The third-order valence-corrected chi connectivity index (χ3v) is 3.73. The molecule has 0 radical (unpaired) electrons. The zero-order chi connectivity index (χ0) is 14.9. The Balaban J connectivity index is 2.18. The maximum Gasteiger partial charge on any atom is 0.250 e. The summed E-state index contributed by atoms with van der Waals surface area (Å²) in [7, 11) is 0. The minimum atomic E-state index is -0.259. The van der Waals surface area contributed by atoms with Crippen molar-refractivity contribution in [1.29, 1.82) is 0 Å². The zero-order valence-electron chi connectivity index (χ0n) is 13.4. The second-order valence-electron chi connectivity index (χ2n) is 7.30. The summed E-state index contributed by atoms with van der Waals surface area (Å²) in [6.07, 6.45) is 3.71. The van der Waals surface area contributed by atoms with Gasteiger partial charge >= 0.3 is 0 Å². The van der Waals surface area contributed by atoms with E-state index in [0.717, 1.165) is 31.7 Å². The molecule has 0 bridgehead atoms. The Morgan fingerprint density at radius 2 is 2.15 bits per heavy atom. The van der Waals surface area contributed by atoms with Crippen molar-refractivity contribution < 1.29 is 9.53 Å². The summed E-state index contributed by atoms with van der Waals surface area (Å²) in [5.41, 5.74) is -0.259. The molecule has 0 unspecified atom stereocenters. The molecule has 2 aliphatic rings. The van der Waals surface area contributed by atoms with Gasteiger partial charge < -0.3 is 15.0 Å². The van der Waals surface area contributed by atoms with Gasteiger partial charge in [-0.15, -0.1) is 0 Å². The van der Waals surface area contributed by atoms with Crippen molar-refractivity contribution in [2.45, 2.75) is 65.1 Å². The second-order valence-corrected chi connectivity index (χ2v) is 7.30. The van der Waals surface area contributed by atoms with Crippen LogP contribution in [0.3, 0.4) is 0 Å². The molecule has 0 aromatic carbocycles. The van der Waals surface area contributed by atoms with E-state index in [1.54, 1.807) is 6.08 Å². The van der Waals surface area contributed by atoms with Gasteiger partial charge in [0.15, 0.2) is 0 Å². The van der Waals surface area contributed by atoms with Crippen molar-refractivity contribution in [3.63, 3.8) is 0 Å². The Labute approximate surface area is 122 Å². The van der Waals surface area contributed by atoms with Gasteiger partial charge in [-0.05, 0) is 46.1 Å². The van der Waals surface area contributed by atoms with Crippen LogP contribution in [0, 0.1) is 5.92 Å². The van der Waals surface area contributed by atoms with Crippen LogP contribution >= 0.6 is 0 Å². The quantitative estimate of drug-likeness (QED) is 0.859. The minimum Gasteiger partial charge on any atom is -0.490 e. The van der Waals surface area contributed by atoms with E-state index in [2.05, 4.69) is 19.2 Å². The van der Waals surface area contributed by atoms with Crippen molar-refractivity contribution in [2.75, 3.05) is 13.1 Å². The van der Waals surface area contributed by atoms with Gasteiger partial charge in [0.25, 0.3) is 5.91 Å². The van der Waals surface area contributed by atoms with Crippen molar-refractivity contribution in [1.82, 2.24) is 10.2 Å². The normalized spacial score (nSPS) is 27.4. The van der Waals surface area contributed by atoms with Gasteiger partial charge in [-0.1, -0.05) is 13.8 Å². The molecular formula is C16H28N2O2. The first-order valence-electron chi connectivity index (χ1n) is 7.71. The summed E-state index contributed by atoms with van der Waals surface area (Å²) < 4.78 is 6.05. The van der Waals surface area contributed by atoms with Gasteiger partial charge in [0.05, 0.1) is 6.04 Å². The average molecular weight is 280 g/mol. The van der Waals surface area contributed by atoms with Crippen LogP contribution in [0.5, 0.6) is 0 Å². The maximum atomic E-state index is 12.4. The molecule has 2 atom stereocenters. The first-order valence-corrected chi connectivity index (χ1v) is 7.71. The van der Waals surface area contributed by atoms with E-state index in [1.807, 2.05) is 25.7 Å². The van der Waals surface area contributed by atoms with E-state index in [-0.39, 0.29) is 17.6 Å². The van der Waals surface area contributed by atoms with E-state index in [1.165, 1.54) is 0 Å². The highest BCUT2D eigenvalue weighted by Gasteiger charge is 2.40. The van der Waals surface area contributed by atoms with Gasteiger partial charge in [-0.25, -0.2) is 0 Å². The van der Waals surface area contributed by atoms with E-state index < -0.39 is 0 Å². The Morgan fingerprint density at radius 3 is 2.65 bits per heavy atom. The molecule has 0 saturated carbocycles. The number of ether oxygens (including phenoxy) is 1. The molecule has 2 rings (SSSR count). The van der Waals surface area contributed by atoms with E-state index in [0.29, 0.717) is 12.0 Å². The van der Waals surface area contributed by atoms with Crippen LogP contribution in [-0.4, -0.2) is 41.6 Å². The van der Waals surface area contributed by atoms with Gasteiger partial charge in [-0.2, -0.15) is 0 Å². The predicted molar refractivity (Wildman–Crippen MR) is 80.3 cm³/mol. The van der Waals surface area contributed by atoms with Crippen LogP contribution in [-0.2, 0) is 9.53 Å². The van der Waals surface area contributed by atoms with Crippen LogP contribution in [0.25, 0.3) is 0 Å². The molecule has 0 spiro atoms. The first-order chi connectivity index (χ1) is 9.28. The largest absolute Gasteiger partial charge is 0.490 e. The van der Waals surface area contributed by atoms with Gasteiger partial charge in [0.2, 0.25) is 0 Å². The van der Waals surface area contributed by atoms with Crippen LogP contribution in [0.2, 0.25) is 0 Å². The van der Waals surface area contributed by atoms with Crippen LogP contribution in [0.4, 0.5) is 0 Å². The lowest BCUT2D eigenvalue weighted by Crippen LogP contribution is -2.45. The van der Waals surface area contributed by atoms with E-state index in [9.17, 15) is 4.79 Å². The van der Waals surface area contributed by atoms with Crippen LogP contribution < -0.4 is 5.32 Å². The first kappa shape index (κ1) is 15.4. The Kier molecular flexibility index (Phi) is 4.43. The Hall–Kier alpha value is -1.03. The highest BCUT2D eigenvalue weighted by Crippen LogP contribution is 2.32. The molecule has 2 aliphatic heterocycles. The summed E-state index contributed by atoms with van der Waals surface area (Å²) in [5.74, 6) is 1.50. The fourth-order valence-corrected chi connectivity index (χ4v) is 3.02. The number of carbonyl (C=O) groups is 1. The molecule has 0 aliphatic carbocycles. The molecule has 4 heteroatoms. The predicted octanol–water partition coefficient (Wildman–Crippen LogP) is 2.30. The SMILES string of the molecule is CC(C)C[C@H]1C(OC(C)(C)C)=CC(=O)N1[C@H]1CCNC1. The number of amides is 1. The highest BCUT2D eigenvalue weighted by atomic mass is 16.5. The Morgan fingerprint density at radius 1 is 1.45 bits per heavy atom. The highest BCUT2D eigenvalue weighted by molar-refractivity contribution is 5.91. The molecule has 1 N–H and O–H groups in total. The molecule has 0 aromatic rings. The number of nitrogens with one attached hydrogen (secondary N) is 1. The molecule has 1 fully saturated rings. The summed E-state index contributed by atoms with van der Waals surface area (Å²) in [4.78, 5) is 14.4. The van der Waals surface area contributed by atoms with Crippen LogP contribution in [0.15, 0.2) is 11.8 Å². The molecule has 4 nitrogen and oxygen atoms in total. The summed E-state index contributed by atoms with van der Waals surface area (Å²) in [6.45, 7) is 12.4. The number of hydrogen-bond acceptors (Lipinski definition) is 3. The molecule has 1 saturated heterocycles. The summed E-state index contributed by atoms with van der Waals surface area (Å²) >= 11 is 0. The molecule has 1 amide bonds. The maximum absolute atomic E-state index is 12.4. The third kappa shape index (κ3) is 3.54. The molecule has 0 aromatic heterocycles. The number of rotatable bonds is 4. The molecular weight excluding hydrogens is 252 g/mol. The number of nitrogens with zero attached hydrogens (tertiary/aromatic N) is 1. The average Bonchev–Trinajstić information content (AvgIpc) is 2.85. The minimum absolute atomic E-state index is 0.103. The monoisotopic (exact) mass is 280 g/mol. The standard InChI is InChI=1S/C16H28N2O2/c1-11(2)8-13-14(20-16(3,4)5)9-15(19)18(13)12-6-7-17-10-12/h9,11-13,17H,6-8,10H2,1-5H3/t12-,13-/m0/s1. The van der Waals surface area contributed by atoms with Gasteiger partial charge in [-0.3, -0.25) is 4.79 Å². The molecule has 20 heavy (non-hydrogen) atoms. The second kappa shape index (κ2) is 5.76. The topological polar surface area (TPSA) is 41.6 Å². The lowest BCUT2D eigenvalue weighted by molar-refractivity contribution is -0.128.